The fraction of sp³-hybridized carbons (Fsp3) is 0.0714. The summed E-state index contributed by atoms with van der Waals surface area (Å²) in [5.41, 5.74) is 1.86. The van der Waals surface area contributed by atoms with Crippen LogP contribution >= 0.6 is 0 Å². The van der Waals surface area contributed by atoms with Crippen molar-refractivity contribution in [2.45, 2.75) is 6.92 Å². The van der Waals surface area contributed by atoms with E-state index in [4.69, 9.17) is 4.74 Å². The van der Waals surface area contributed by atoms with Gasteiger partial charge in [-0.05, 0) is 31.2 Å². The number of amides is 1. The molecule has 0 fully saturated rings. The lowest BCUT2D eigenvalue weighted by molar-refractivity contribution is 0.215. The number of nitrogens with one attached hydrogen (secondary N) is 1. The molecule has 0 heterocycles. The van der Waals surface area contributed by atoms with Gasteiger partial charge in [0.2, 0.25) is 0 Å². The molecule has 2 aromatic rings. The number of rotatable bonds is 2. The fourth-order valence-electron chi connectivity index (χ4n) is 1.38. The lowest BCUT2D eigenvalue weighted by Gasteiger charge is -2.06. The van der Waals surface area contributed by atoms with Gasteiger partial charge in [-0.3, -0.25) is 5.32 Å². The van der Waals surface area contributed by atoms with Gasteiger partial charge in [-0.1, -0.05) is 35.9 Å². The van der Waals surface area contributed by atoms with Gasteiger partial charge < -0.3 is 4.74 Å². The molecule has 86 valence electrons. The maximum Gasteiger partial charge on any atom is 0.417 e. The van der Waals surface area contributed by atoms with Crippen LogP contribution in [0.25, 0.3) is 0 Å². The minimum absolute atomic E-state index is 0.486. The highest BCUT2D eigenvalue weighted by molar-refractivity contribution is 5.86. The molecule has 3 nitrogen and oxygen atoms in total. The average molecular weight is 227 g/mol. The Balaban J connectivity index is 1.96. The molecule has 0 saturated heterocycles. The first kappa shape index (κ1) is 11.2. The Bertz CT molecular complexity index is 491. The van der Waals surface area contributed by atoms with Gasteiger partial charge in [-0.2, -0.15) is 0 Å². The molecular formula is C14H13NO2. The summed E-state index contributed by atoms with van der Waals surface area (Å²) in [6, 6.07) is 16.5. The summed E-state index contributed by atoms with van der Waals surface area (Å²) in [5, 5.41) is 2.66. The third-order valence-electron chi connectivity index (χ3n) is 2.25. The monoisotopic (exact) mass is 227 g/mol. The Kier molecular flexibility index (Phi) is 3.40. The summed E-state index contributed by atoms with van der Waals surface area (Å²) in [4.78, 5) is 11.5. The first-order chi connectivity index (χ1) is 8.24. The van der Waals surface area contributed by atoms with E-state index in [9.17, 15) is 4.79 Å². The second-order valence-corrected chi connectivity index (χ2v) is 3.69. The van der Waals surface area contributed by atoms with Crippen molar-refractivity contribution < 1.29 is 9.53 Å². The molecule has 0 aromatic heterocycles. The zero-order valence-electron chi connectivity index (χ0n) is 9.51. The van der Waals surface area contributed by atoms with Crippen molar-refractivity contribution in [3.05, 3.63) is 60.2 Å². The van der Waals surface area contributed by atoms with Crippen molar-refractivity contribution in [2.75, 3.05) is 5.32 Å². The number of ether oxygens (including phenoxy) is 1. The second-order valence-electron chi connectivity index (χ2n) is 3.69. The van der Waals surface area contributed by atoms with Crippen LogP contribution in [-0.2, 0) is 0 Å². The van der Waals surface area contributed by atoms with Crippen molar-refractivity contribution in [3.63, 3.8) is 0 Å². The minimum Gasteiger partial charge on any atom is -0.410 e. The summed E-state index contributed by atoms with van der Waals surface area (Å²) in [7, 11) is 0. The van der Waals surface area contributed by atoms with Crippen LogP contribution in [0.4, 0.5) is 10.5 Å². The smallest absolute Gasteiger partial charge is 0.410 e. The number of benzene rings is 2. The molecule has 0 spiro atoms. The first-order valence-electron chi connectivity index (χ1n) is 5.34. The van der Waals surface area contributed by atoms with E-state index in [-0.39, 0.29) is 0 Å². The molecule has 2 rings (SSSR count). The Labute approximate surface area is 100 Å². The van der Waals surface area contributed by atoms with E-state index in [1.54, 1.807) is 12.1 Å². The molecule has 0 aliphatic heterocycles. The number of para-hydroxylation sites is 1. The van der Waals surface area contributed by atoms with Crippen molar-refractivity contribution >= 4 is 11.8 Å². The summed E-state index contributed by atoms with van der Waals surface area (Å²) < 4.78 is 5.10. The maximum atomic E-state index is 11.5. The Morgan fingerprint density at radius 3 is 2.29 bits per heavy atom. The van der Waals surface area contributed by atoms with Crippen molar-refractivity contribution in [2.24, 2.45) is 0 Å². The number of aryl methyl sites for hydroxylation is 1. The third kappa shape index (κ3) is 3.34. The second kappa shape index (κ2) is 5.16. The van der Waals surface area contributed by atoms with Crippen LogP contribution in [0.2, 0.25) is 0 Å². The number of carbonyl (C=O) groups is 1. The summed E-state index contributed by atoms with van der Waals surface area (Å²) in [5.74, 6) is 0.525. The van der Waals surface area contributed by atoms with Gasteiger partial charge in [0, 0.05) is 5.69 Å². The zero-order chi connectivity index (χ0) is 12.1. The molecule has 0 aliphatic rings. The molecule has 0 aliphatic carbocycles. The van der Waals surface area contributed by atoms with Crippen LogP contribution < -0.4 is 10.1 Å². The molecule has 1 amide bonds. The molecule has 1 N–H and O–H groups in total. The predicted molar refractivity (Wildman–Crippen MR) is 67.3 cm³/mol. The van der Waals surface area contributed by atoms with Gasteiger partial charge in [0.05, 0.1) is 0 Å². The van der Waals surface area contributed by atoms with E-state index in [1.165, 1.54) is 0 Å². The van der Waals surface area contributed by atoms with Crippen LogP contribution in [0.1, 0.15) is 5.56 Å². The lowest BCUT2D eigenvalue weighted by Crippen LogP contribution is -2.16. The van der Waals surface area contributed by atoms with Gasteiger partial charge in [-0.25, -0.2) is 4.79 Å². The van der Waals surface area contributed by atoms with E-state index in [0.29, 0.717) is 5.75 Å². The van der Waals surface area contributed by atoms with Gasteiger partial charge in [-0.15, -0.1) is 0 Å². The maximum absolute atomic E-state index is 11.5. The number of anilines is 1. The summed E-state index contributed by atoms with van der Waals surface area (Å²) in [6.07, 6.45) is -0.486. The number of carbonyl (C=O) groups excluding carboxylic acids is 1. The first-order valence-corrected chi connectivity index (χ1v) is 5.34. The van der Waals surface area contributed by atoms with E-state index < -0.39 is 6.09 Å². The molecule has 0 radical (unpaired) electrons. The molecule has 2 aromatic carbocycles. The van der Waals surface area contributed by atoms with Crippen LogP contribution in [0, 0.1) is 6.92 Å². The minimum atomic E-state index is -0.486. The highest BCUT2D eigenvalue weighted by atomic mass is 16.6. The van der Waals surface area contributed by atoms with Crippen LogP contribution in [0.5, 0.6) is 5.75 Å². The molecule has 0 atom stereocenters. The quantitative estimate of drug-likeness (QED) is 0.851. The topological polar surface area (TPSA) is 38.3 Å². The number of hydrogen-bond donors (Lipinski definition) is 1. The Morgan fingerprint density at radius 2 is 1.65 bits per heavy atom. The van der Waals surface area contributed by atoms with E-state index in [0.717, 1.165) is 11.3 Å². The molecule has 17 heavy (non-hydrogen) atoms. The Hall–Kier alpha value is -2.29. The highest BCUT2D eigenvalue weighted by Crippen LogP contribution is 2.12. The Morgan fingerprint density at radius 1 is 1.00 bits per heavy atom. The summed E-state index contributed by atoms with van der Waals surface area (Å²) in [6.45, 7) is 1.99. The molecular weight excluding hydrogens is 214 g/mol. The molecule has 0 bridgehead atoms. The van der Waals surface area contributed by atoms with Gasteiger partial charge in [0.1, 0.15) is 5.75 Å². The molecule has 0 unspecified atom stereocenters. The number of hydrogen-bond acceptors (Lipinski definition) is 2. The largest absolute Gasteiger partial charge is 0.417 e. The van der Waals surface area contributed by atoms with E-state index in [1.807, 2.05) is 49.4 Å². The fourth-order valence-corrected chi connectivity index (χ4v) is 1.38. The van der Waals surface area contributed by atoms with Gasteiger partial charge >= 0.3 is 6.09 Å². The van der Waals surface area contributed by atoms with Crippen molar-refractivity contribution in [3.8, 4) is 5.75 Å². The SMILES string of the molecule is Cc1ccc(NC(=O)Oc2ccccc2)cc1. The van der Waals surface area contributed by atoms with Crippen molar-refractivity contribution in [1.29, 1.82) is 0 Å². The standard InChI is InChI=1S/C14H13NO2/c1-11-7-9-12(10-8-11)15-14(16)17-13-5-3-2-4-6-13/h2-10H,1H3,(H,15,16). The van der Waals surface area contributed by atoms with Crippen molar-refractivity contribution in [1.82, 2.24) is 0 Å². The zero-order valence-corrected chi connectivity index (χ0v) is 9.51. The van der Waals surface area contributed by atoms with Gasteiger partial charge in [0.25, 0.3) is 0 Å². The van der Waals surface area contributed by atoms with Crippen LogP contribution in [0.3, 0.4) is 0 Å². The lowest BCUT2D eigenvalue weighted by atomic mass is 10.2. The van der Waals surface area contributed by atoms with Crippen LogP contribution in [0.15, 0.2) is 54.6 Å². The highest BCUT2D eigenvalue weighted by Gasteiger charge is 2.03. The normalized spacial score (nSPS) is 9.71. The predicted octanol–water partition coefficient (Wildman–Crippen LogP) is 3.61. The van der Waals surface area contributed by atoms with Gasteiger partial charge in [0.15, 0.2) is 0 Å². The summed E-state index contributed by atoms with van der Waals surface area (Å²) >= 11 is 0. The van der Waals surface area contributed by atoms with Crippen LogP contribution in [-0.4, -0.2) is 6.09 Å². The molecule has 3 heteroatoms. The molecule has 0 saturated carbocycles. The third-order valence-corrected chi connectivity index (χ3v) is 2.25. The average Bonchev–Trinajstić information content (AvgIpc) is 2.33. The van der Waals surface area contributed by atoms with E-state index in [2.05, 4.69) is 5.32 Å². The van der Waals surface area contributed by atoms with E-state index >= 15 is 0 Å².